The van der Waals surface area contributed by atoms with Crippen molar-refractivity contribution in [3.05, 3.63) is 65.4 Å². The molecule has 29 heavy (non-hydrogen) atoms. The average Bonchev–Trinajstić information content (AvgIpc) is 3.13. The summed E-state index contributed by atoms with van der Waals surface area (Å²) in [6.07, 6.45) is 3.92. The summed E-state index contributed by atoms with van der Waals surface area (Å²) in [6, 6.07) is 14.1. The molecule has 0 bridgehead atoms. The Kier molecular flexibility index (Phi) is 6.70. The first-order chi connectivity index (χ1) is 14.0. The molecule has 0 aliphatic heterocycles. The average molecular weight is 392 g/mol. The number of aromatic nitrogens is 1. The second-order valence-electron chi connectivity index (χ2n) is 7.19. The monoisotopic (exact) mass is 391 g/mol. The topological polar surface area (TPSA) is 65.2 Å². The minimum Gasteiger partial charge on any atom is -0.361 e. The van der Waals surface area contributed by atoms with Crippen LogP contribution in [0.4, 0.5) is 5.69 Å². The molecule has 0 radical (unpaired) electrons. The number of aryl methyl sites for hydroxylation is 2. The van der Waals surface area contributed by atoms with E-state index in [4.69, 9.17) is 0 Å². The van der Waals surface area contributed by atoms with Gasteiger partial charge in [0.15, 0.2) is 0 Å². The van der Waals surface area contributed by atoms with Gasteiger partial charge in [0.25, 0.3) is 0 Å². The smallest absolute Gasteiger partial charge is 0.224 e. The molecule has 0 unspecified atom stereocenters. The molecule has 2 aromatic carbocycles. The third kappa shape index (κ3) is 4.67. The van der Waals surface area contributed by atoms with Crippen molar-refractivity contribution >= 4 is 28.4 Å². The highest BCUT2D eigenvalue weighted by Crippen LogP contribution is 2.27. The molecule has 0 spiro atoms. The molecule has 3 aromatic rings. The van der Waals surface area contributed by atoms with Crippen LogP contribution in [0.15, 0.2) is 48.7 Å². The maximum Gasteiger partial charge on any atom is 0.224 e. The SMILES string of the molecule is CCc1cccc(CC)c1N(CCNC(=O)Cc1c[nH]c2ccccc12)C(C)=O. The maximum atomic E-state index is 12.5. The highest BCUT2D eigenvalue weighted by Gasteiger charge is 2.18. The van der Waals surface area contributed by atoms with Crippen molar-refractivity contribution in [1.29, 1.82) is 0 Å². The van der Waals surface area contributed by atoms with Crippen molar-refractivity contribution in [2.75, 3.05) is 18.0 Å². The number of hydrogen-bond acceptors (Lipinski definition) is 2. The third-order valence-electron chi connectivity index (χ3n) is 5.30. The maximum absolute atomic E-state index is 12.5. The number of carbonyl (C=O) groups is 2. The van der Waals surface area contributed by atoms with E-state index in [-0.39, 0.29) is 11.8 Å². The van der Waals surface area contributed by atoms with Gasteiger partial charge in [0, 0.05) is 37.1 Å². The molecule has 3 rings (SSSR count). The van der Waals surface area contributed by atoms with E-state index in [1.165, 1.54) is 0 Å². The van der Waals surface area contributed by atoms with E-state index in [1.807, 2.05) is 36.5 Å². The fraction of sp³-hybridized carbons (Fsp3) is 0.333. The Bertz CT molecular complexity index is 984. The molecule has 5 nitrogen and oxygen atoms in total. The Morgan fingerprint density at radius 3 is 2.31 bits per heavy atom. The Morgan fingerprint density at radius 1 is 0.966 bits per heavy atom. The zero-order chi connectivity index (χ0) is 20.8. The number of nitrogens with one attached hydrogen (secondary N) is 2. The van der Waals surface area contributed by atoms with Crippen LogP contribution in [0, 0.1) is 0 Å². The number of rotatable bonds is 8. The highest BCUT2D eigenvalue weighted by molar-refractivity contribution is 5.93. The first-order valence-electron chi connectivity index (χ1n) is 10.3. The molecular weight excluding hydrogens is 362 g/mol. The van der Waals surface area contributed by atoms with Gasteiger partial charge in [-0.25, -0.2) is 0 Å². The van der Waals surface area contributed by atoms with E-state index in [9.17, 15) is 9.59 Å². The first kappa shape index (κ1) is 20.6. The molecule has 0 aliphatic carbocycles. The third-order valence-corrected chi connectivity index (χ3v) is 5.30. The number of aromatic amines is 1. The number of hydrogen-bond donors (Lipinski definition) is 2. The Labute approximate surface area is 172 Å². The number of para-hydroxylation sites is 2. The summed E-state index contributed by atoms with van der Waals surface area (Å²) < 4.78 is 0. The van der Waals surface area contributed by atoms with Crippen molar-refractivity contribution in [1.82, 2.24) is 10.3 Å². The van der Waals surface area contributed by atoms with E-state index < -0.39 is 0 Å². The predicted octanol–water partition coefficient (Wildman–Crippen LogP) is 4.00. The van der Waals surface area contributed by atoms with Crippen LogP contribution in [0.2, 0.25) is 0 Å². The summed E-state index contributed by atoms with van der Waals surface area (Å²) in [5.74, 6) is -0.0516. The zero-order valence-electron chi connectivity index (χ0n) is 17.4. The van der Waals surface area contributed by atoms with Crippen molar-refractivity contribution in [3.63, 3.8) is 0 Å². The van der Waals surface area contributed by atoms with E-state index in [0.717, 1.165) is 46.1 Å². The van der Waals surface area contributed by atoms with Crippen LogP contribution in [0.25, 0.3) is 10.9 Å². The van der Waals surface area contributed by atoms with Gasteiger partial charge < -0.3 is 15.2 Å². The molecule has 2 N–H and O–H groups in total. The number of anilines is 1. The van der Waals surface area contributed by atoms with Gasteiger partial charge in [-0.1, -0.05) is 50.2 Å². The lowest BCUT2D eigenvalue weighted by atomic mass is 10.0. The van der Waals surface area contributed by atoms with Crippen LogP contribution in [0.5, 0.6) is 0 Å². The zero-order valence-corrected chi connectivity index (χ0v) is 17.4. The fourth-order valence-electron chi connectivity index (χ4n) is 3.81. The molecule has 0 saturated heterocycles. The van der Waals surface area contributed by atoms with E-state index >= 15 is 0 Å². The molecular formula is C24H29N3O2. The molecule has 0 fully saturated rings. The van der Waals surface area contributed by atoms with Crippen LogP contribution >= 0.6 is 0 Å². The van der Waals surface area contributed by atoms with Crippen molar-refractivity contribution in [3.8, 4) is 0 Å². The lowest BCUT2D eigenvalue weighted by Gasteiger charge is -2.26. The summed E-state index contributed by atoms with van der Waals surface area (Å²) >= 11 is 0. The molecule has 1 heterocycles. The van der Waals surface area contributed by atoms with Crippen LogP contribution in [-0.4, -0.2) is 29.9 Å². The number of carbonyl (C=O) groups excluding carboxylic acids is 2. The molecule has 152 valence electrons. The van der Waals surface area contributed by atoms with Gasteiger partial charge in [0.05, 0.1) is 12.1 Å². The molecule has 0 aliphatic rings. The Morgan fingerprint density at radius 2 is 1.66 bits per heavy atom. The lowest BCUT2D eigenvalue weighted by molar-refractivity contribution is -0.121. The summed E-state index contributed by atoms with van der Waals surface area (Å²) in [5, 5.41) is 4.04. The normalized spacial score (nSPS) is 10.9. The van der Waals surface area contributed by atoms with Crippen LogP contribution in [-0.2, 0) is 28.9 Å². The number of amides is 2. The summed E-state index contributed by atoms with van der Waals surface area (Å²) in [6.45, 7) is 6.65. The fourth-order valence-corrected chi connectivity index (χ4v) is 3.81. The van der Waals surface area contributed by atoms with Crippen molar-refractivity contribution < 1.29 is 9.59 Å². The minimum atomic E-state index is -0.0438. The van der Waals surface area contributed by atoms with Crippen molar-refractivity contribution in [2.45, 2.75) is 40.0 Å². The summed E-state index contributed by atoms with van der Waals surface area (Å²) in [7, 11) is 0. The minimum absolute atomic E-state index is 0.00789. The number of benzene rings is 2. The number of nitrogens with zero attached hydrogens (tertiary/aromatic N) is 1. The van der Waals surface area contributed by atoms with Crippen LogP contribution < -0.4 is 10.2 Å². The van der Waals surface area contributed by atoms with Gasteiger partial charge in [-0.15, -0.1) is 0 Å². The molecule has 1 aromatic heterocycles. The molecule has 5 heteroatoms. The molecule has 0 saturated carbocycles. The van der Waals surface area contributed by atoms with Crippen LogP contribution in [0.1, 0.15) is 37.5 Å². The lowest BCUT2D eigenvalue weighted by Crippen LogP contribution is -2.39. The van der Waals surface area contributed by atoms with Gasteiger partial charge in [-0.2, -0.15) is 0 Å². The number of fused-ring (bicyclic) bond motifs is 1. The van der Waals surface area contributed by atoms with Crippen molar-refractivity contribution in [2.24, 2.45) is 0 Å². The Balaban J connectivity index is 1.66. The van der Waals surface area contributed by atoms with Gasteiger partial charge >= 0.3 is 0 Å². The van der Waals surface area contributed by atoms with Crippen LogP contribution in [0.3, 0.4) is 0 Å². The summed E-state index contributed by atoms with van der Waals surface area (Å²) in [4.78, 5) is 29.8. The molecule has 0 atom stereocenters. The van der Waals surface area contributed by atoms with E-state index in [1.54, 1.807) is 11.8 Å². The summed E-state index contributed by atoms with van der Waals surface area (Å²) in [5.41, 5.74) is 5.32. The highest BCUT2D eigenvalue weighted by atomic mass is 16.2. The van der Waals surface area contributed by atoms with Gasteiger partial charge in [0.1, 0.15) is 0 Å². The van der Waals surface area contributed by atoms with E-state index in [0.29, 0.717) is 19.5 Å². The largest absolute Gasteiger partial charge is 0.361 e. The first-order valence-corrected chi connectivity index (χ1v) is 10.3. The van der Waals surface area contributed by atoms with Gasteiger partial charge in [-0.3, -0.25) is 9.59 Å². The predicted molar refractivity (Wildman–Crippen MR) is 118 cm³/mol. The van der Waals surface area contributed by atoms with Gasteiger partial charge in [0.2, 0.25) is 11.8 Å². The number of H-pyrrole nitrogens is 1. The molecule has 2 amide bonds. The second kappa shape index (κ2) is 9.41. The quantitative estimate of drug-likeness (QED) is 0.609. The second-order valence-corrected chi connectivity index (χ2v) is 7.19. The van der Waals surface area contributed by atoms with Gasteiger partial charge in [-0.05, 0) is 35.6 Å². The standard InChI is InChI=1S/C24H29N3O2/c1-4-18-9-8-10-19(5-2)24(18)27(17(3)28)14-13-25-23(29)15-20-16-26-22-12-7-6-11-21(20)22/h6-12,16,26H,4-5,13-15H2,1-3H3,(H,25,29). The van der Waals surface area contributed by atoms with E-state index in [2.05, 4.69) is 36.3 Å². The Hall–Kier alpha value is -3.08.